The highest BCUT2D eigenvalue weighted by atomic mass is 16.5. The molecule has 25 heavy (non-hydrogen) atoms. The first kappa shape index (κ1) is 16.9. The van der Waals surface area contributed by atoms with Gasteiger partial charge in [0.25, 0.3) is 5.56 Å². The van der Waals surface area contributed by atoms with Gasteiger partial charge in [-0.3, -0.25) is 4.79 Å². The number of fused-ring (bicyclic) bond motifs is 1. The molecule has 0 aliphatic carbocycles. The number of ether oxygens (including phenoxy) is 1. The van der Waals surface area contributed by atoms with Crippen LogP contribution in [0.5, 0.6) is 0 Å². The minimum Gasteiger partial charge on any atom is -0.456 e. The highest BCUT2D eigenvalue weighted by Gasteiger charge is 2.17. The Balaban J connectivity index is 1.93. The third-order valence-electron chi connectivity index (χ3n) is 3.86. The number of aryl methyl sites for hydroxylation is 1. The van der Waals surface area contributed by atoms with Crippen LogP contribution in [0.15, 0.2) is 53.3 Å². The van der Waals surface area contributed by atoms with Crippen molar-refractivity contribution in [3.63, 3.8) is 0 Å². The lowest BCUT2D eigenvalue weighted by Crippen LogP contribution is -2.27. The van der Waals surface area contributed by atoms with Gasteiger partial charge in [0.2, 0.25) is 0 Å². The molecule has 1 N–H and O–H groups in total. The second-order valence-corrected chi connectivity index (χ2v) is 5.71. The lowest BCUT2D eigenvalue weighted by atomic mass is 10.1. The average molecular weight is 338 g/mol. The van der Waals surface area contributed by atoms with E-state index in [9.17, 15) is 9.59 Å². The van der Waals surface area contributed by atoms with Crippen molar-refractivity contribution >= 4 is 16.7 Å². The fourth-order valence-electron chi connectivity index (χ4n) is 2.53. The van der Waals surface area contributed by atoms with Gasteiger partial charge < -0.3 is 9.84 Å². The summed E-state index contributed by atoms with van der Waals surface area (Å²) in [4.78, 5) is 24.8. The van der Waals surface area contributed by atoms with Gasteiger partial charge >= 0.3 is 5.97 Å². The van der Waals surface area contributed by atoms with E-state index in [0.717, 1.165) is 15.8 Å². The van der Waals surface area contributed by atoms with Crippen LogP contribution in [0.4, 0.5) is 0 Å². The van der Waals surface area contributed by atoms with Gasteiger partial charge in [0, 0.05) is 5.39 Å². The summed E-state index contributed by atoms with van der Waals surface area (Å²) in [5.41, 5.74) is 1.71. The van der Waals surface area contributed by atoms with Crippen molar-refractivity contribution in [2.45, 2.75) is 20.1 Å². The minimum absolute atomic E-state index is 0.0158. The third-order valence-corrected chi connectivity index (χ3v) is 3.86. The zero-order valence-corrected chi connectivity index (χ0v) is 13.8. The molecule has 0 unspecified atom stereocenters. The van der Waals surface area contributed by atoms with E-state index in [2.05, 4.69) is 5.10 Å². The van der Waals surface area contributed by atoms with Gasteiger partial charge in [-0.15, -0.1) is 0 Å². The first-order valence-corrected chi connectivity index (χ1v) is 7.93. The van der Waals surface area contributed by atoms with Gasteiger partial charge in [0.05, 0.1) is 18.5 Å². The number of esters is 1. The van der Waals surface area contributed by atoms with Gasteiger partial charge in [0.15, 0.2) is 5.69 Å². The Bertz CT molecular complexity index is 961. The number of aliphatic hydroxyl groups is 1. The summed E-state index contributed by atoms with van der Waals surface area (Å²) in [5, 5.41) is 14.0. The molecular weight excluding hydrogens is 320 g/mol. The van der Waals surface area contributed by atoms with Crippen molar-refractivity contribution in [2.24, 2.45) is 0 Å². The van der Waals surface area contributed by atoms with Crippen LogP contribution in [0.3, 0.4) is 0 Å². The van der Waals surface area contributed by atoms with Crippen LogP contribution >= 0.6 is 0 Å². The molecule has 0 bridgehead atoms. The zero-order chi connectivity index (χ0) is 17.8. The summed E-state index contributed by atoms with van der Waals surface area (Å²) in [6.45, 7) is 1.87. The second kappa shape index (κ2) is 7.27. The van der Waals surface area contributed by atoms with Gasteiger partial charge in [-0.2, -0.15) is 5.10 Å². The van der Waals surface area contributed by atoms with E-state index < -0.39 is 5.97 Å². The lowest BCUT2D eigenvalue weighted by Gasteiger charge is -2.10. The fourth-order valence-corrected chi connectivity index (χ4v) is 2.53. The first-order chi connectivity index (χ1) is 12.1. The van der Waals surface area contributed by atoms with Crippen molar-refractivity contribution in [1.29, 1.82) is 0 Å². The Labute approximate surface area is 144 Å². The van der Waals surface area contributed by atoms with Crippen LogP contribution < -0.4 is 5.56 Å². The molecule has 0 saturated carbocycles. The van der Waals surface area contributed by atoms with Crippen LogP contribution in [0.2, 0.25) is 0 Å². The van der Waals surface area contributed by atoms with Crippen molar-refractivity contribution in [1.82, 2.24) is 9.78 Å². The molecule has 1 aromatic heterocycles. The summed E-state index contributed by atoms with van der Waals surface area (Å²) >= 11 is 0. The predicted molar refractivity (Wildman–Crippen MR) is 93.4 cm³/mol. The molecule has 0 radical (unpaired) electrons. The summed E-state index contributed by atoms with van der Waals surface area (Å²) in [6, 6.07) is 14.4. The molecule has 0 atom stereocenters. The molecular formula is C19H18N2O4. The number of benzene rings is 2. The Morgan fingerprint density at radius 1 is 1.12 bits per heavy atom. The van der Waals surface area contributed by atoms with Crippen molar-refractivity contribution < 1.29 is 14.6 Å². The molecule has 0 aliphatic rings. The van der Waals surface area contributed by atoms with Gasteiger partial charge in [-0.1, -0.05) is 48.0 Å². The standard InChI is InChI=1S/C19H18N2O4/c1-13-6-8-14(9-7-13)12-25-19(24)17-15-4-2-3-5-16(15)18(23)21(20-17)10-11-22/h2-9,22H,10-12H2,1H3. The average Bonchev–Trinajstić information content (AvgIpc) is 2.63. The van der Waals surface area contributed by atoms with Crippen molar-refractivity contribution in [2.75, 3.05) is 6.61 Å². The summed E-state index contributed by atoms with van der Waals surface area (Å²) in [6.07, 6.45) is 0. The summed E-state index contributed by atoms with van der Waals surface area (Å²) < 4.78 is 6.44. The fraction of sp³-hybridized carbons (Fsp3) is 0.211. The SMILES string of the molecule is Cc1ccc(COC(=O)c2nn(CCO)c(=O)c3ccccc23)cc1. The molecule has 6 heteroatoms. The smallest absolute Gasteiger partial charge is 0.359 e. The normalized spacial score (nSPS) is 10.8. The Kier molecular flexibility index (Phi) is 4.90. The van der Waals surface area contributed by atoms with E-state index >= 15 is 0 Å². The molecule has 0 spiro atoms. The van der Waals surface area contributed by atoms with E-state index in [1.807, 2.05) is 31.2 Å². The number of hydrogen-bond donors (Lipinski definition) is 1. The first-order valence-electron chi connectivity index (χ1n) is 7.93. The monoisotopic (exact) mass is 338 g/mol. The van der Waals surface area contributed by atoms with Crippen LogP contribution in [0.1, 0.15) is 21.6 Å². The Morgan fingerprint density at radius 3 is 2.48 bits per heavy atom. The third kappa shape index (κ3) is 3.59. The lowest BCUT2D eigenvalue weighted by molar-refractivity contribution is 0.0465. The van der Waals surface area contributed by atoms with Crippen molar-refractivity contribution in [3.05, 3.63) is 75.7 Å². The van der Waals surface area contributed by atoms with Crippen LogP contribution in [0, 0.1) is 6.92 Å². The van der Waals surface area contributed by atoms with Gasteiger partial charge in [-0.05, 0) is 18.6 Å². The number of aromatic nitrogens is 2. The molecule has 0 aliphatic heterocycles. The number of aliphatic hydroxyl groups excluding tert-OH is 1. The van der Waals surface area contributed by atoms with Crippen LogP contribution in [0.25, 0.3) is 10.8 Å². The van der Waals surface area contributed by atoms with Crippen LogP contribution in [-0.2, 0) is 17.9 Å². The van der Waals surface area contributed by atoms with E-state index in [-0.39, 0.29) is 31.0 Å². The number of rotatable bonds is 5. The highest BCUT2D eigenvalue weighted by Crippen LogP contribution is 2.15. The minimum atomic E-state index is -0.608. The summed E-state index contributed by atoms with van der Waals surface area (Å²) in [5.74, 6) is -0.608. The molecule has 1 heterocycles. The molecule has 3 aromatic rings. The van der Waals surface area contributed by atoms with E-state index in [4.69, 9.17) is 9.84 Å². The van der Waals surface area contributed by atoms with Crippen molar-refractivity contribution in [3.8, 4) is 0 Å². The van der Waals surface area contributed by atoms with Crippen LogP contribution in [-0.4, -0.2) is 27.5 Å². The molecule has 2 aromatic carbocycles. The van der Waals surface area contributed by atoms with Gasteiger partial charge in [-0.25, -0.2) is 9.48 Å². The largest absolute Gasteiger partial charge is 0.456 e. The van der Waals surface area contributed by atoms with E-state index in [1.54, 1.807) is 24.3 Å². The quantitative estimate of drug-likeness (QED) is 0.720. The number of hydrogen-bond acceptors (Lipinski definition) is 5. The van der Waals surface area contributed by atoms with E-state index in [1.165, 1.54) is 0 Å². The molecule has 3 rings (SSSR count). The number of carbonyl (C=O) groups is 1. The molecule has 0 amide bonds. The number of carbonyl (C=O) groups excluding carboxylic acids is 1. The molecule has 0 saturated heterocycles. The highest BCUT2D eigenvalue weighted by molar-refractivity contribution is 6.02. The maximum absolute atomic E-state index is 12.5. The maximum atomic E-state index is 12.5. The maximum Gasteiger partial charge on any atom is 0.359 e. The Morgan fingerprint density at radius 2 is 1.80 bits per heavy atom. The Hall–Kier alpha value is -2.99. The summed E-state index contributed by atoms with van der Waals surface area (Å²) in [7, 11) is 0. The predicted octanol–water partition coefficient (Wildman–Crippen LogP) is 2.05. The van der Waals surface area contributed by atoms with E-state index in [0.29, 0.717) is 10.8 Å². The molecule has 0 fully saturated rings. The second-order valence-electron chi connectivity index (χ2n) is 5.71. The molecule has 128 valence electrons. The number of nitrogens with zero attached hydrogens (tertiary/aromatic N) is 2. The molecule has 6 nitrogen and oxygen atoms in total. The topological polar surface area (TPSA) is 81.4 Å². The van der Waals surface area contributed by atoms with Gasteiger partial charge in [0.1, 0.15) is 6.61 Å². The zero-order valence-electron chi connectivity index (χ0n) is 13.8.